The average Bonchev–Trinajstić information content (AvgIpc) is 2.83. The van der Waals surface area contributed by atoms with E-state index in [9.17, 15) is 5.11 Å². The molecule has 4 nitrogen and oxygen atoms in total. The first kappa shape index (κ1) is 11.4. The summed E-state index contributed by atoms with van der Waals surface area (Å²) in [7, 11) is 1.59. The molecule has 2 rings (SSSR count). The Labute approximate surface area is 95.2 Å². The van der Waals surface area contributed by atoms with Crippen molar-refractivity contribution in [1.82, 2.24) is 4.98 Å². The molecular formula is C12H17NO3. The number of nitrogens with zero attached hydrogens (tertiary/aromatic N) is 1. The van der Waals surface area contributed by atoms with Crippen molar-refractivity contribution in [2.24, 2.45) is 5.92 Å². The molecule has 2 heterocycles. The Bertz CT molecular complexity index is 320. The third-order valence-electron chi connectivity index (χ3n) is 2.96. The zero-order chi connectivity index (χ0) is 11.4. The normalized spacial score (nSPS) is 22.0. The monoisotopic (exact) mass is 223 g/mol. The molecule has 0 aromatic carbocycles. The van der Waals surface area contributed by atoms with Crippen molar-refractivity contribution in [3.63, 3.8) is 0 Å². The molecule has 0 spiro atoms. The molecule has 0 amide bonds. The Morgan fingerprint density at radius 1 is 1.62 bits per heavy atom. The zero-order valence-electron chi connectivity index (χ0n) is 9.43. The van der Waals surface area contributed by atoms with Gasteiger partial charge in [0, 0.05) is 31.2 Å². The third kappa shape index (κ3) is 2.71. The van der Waals surface area contributed by atoms with Crippen LogP contribution >= 0.6 is 0 Å². The van der Waals surface area contributed by atoms with Crippen molar-refractivity contribution in [3.8, 4) is 5.88 Å². The minimum Gasteiger partial charge on any atom is -0.481 e. The van der Waals surface area contributed by atoms with E-state index >= 15 is 0 Å². The van der Waals surface area contributed by atoms with Gasteiger partial charge in [0.25, 0.3) is 0 Å². The smallest absolute Gasteiger partial charge is 0.212 e. The Morgan fingerprint density at radius 3 is 3.06 bits per heavy atom. The SMILES string of the molecule is COc1ccc(CC(O)C2CCOC2)cn1. The molecule has 0 saturated carbocycles. The third-order valence-corrected chi connectivity index (χ3v) is 2.96. The number of hydrogen-bond donors (Lipinski definition) is 1. The summed E-state index contributed by atoms with van der Waals surface area (Å²) < 4.78 is 10.2. The summed E-state index contributed by atoms with van der Waals surface area (Å²) in [5.41, 5.74) is 1.03. The molecule has 88 valence electrons. The minimum atomic E-state index is -0.335. The van der Waals surface area contributed by atoms with Gasteiger partial charge in [-0.1, -0.05) is 6.07 Å². The molecular weight excluding hydrogens is 206 g/mol. The van der Waals surface area contributed by atoms with Crippen LogP contribution in [-0.2, 0) is 11.2 Å². The maximum Gasteiger partial charge on any atom is 0.212 e. The molecule has 16 heavy (non-hydrogen) atoms. The summed E-state index contributed by atoms with van der Waals surface area (Å²) >= 11 is 0. The van der Waals surface area contributed by atoms with E-state index in [-0.39, 0.29) is 12.0 Å². The van der Waals surface area contributed by atoms with Crippen LogP contribution in [0, 0.1) is 5.92 Å². The van der Waals surface area contributed by atoms with Crippen LogP contribution < -0.4 is 4.74 Å². The van der Waals surface area contributed by atoms with Crippen molar-refractivity contribution in [2.45, 2.75) is 18.9 Å². The average molecular weight is 223 g/mol. The first-order chi connectivity index (χ1) is 7.79. The van der Waals surface area contributed by atoms with Crippen LogP contribution in [0.5, 0.6) is 5.88 Å². The molecule has 0 radical (unpaired) electrons. The number of methoxy groups -OCH3 is 1. The standard InChI is InChI=1S/C12H17NO3/c1-15-12-3-2-9(7-13-12)6-11(14)10-4-5-16-8-10/h2-3,7,10-11,14H,4-6,8H2,1H3. The lowest BCUT2D eigenvalue weighted by Gasteiger charge is -2.16. The predicted octanol–water partition coefficient (Wildman–Crippen LogP) is 1.03. The summed E-state index contributed by atoms with van der Waals surface area (Å²) in [5.74, 6) is 0.865. The van der Waals surface area contributed by atoms with Gasteiger partial charge in [0.15, 0.2) is 0 Å². The van der Waals surface area contributed by atoms with Gasteiger partial charge in [0.2, 0.25) is 5.88 Å². The Kier molecular flexibility index (Phi) is 3.74. The second-order valence-electron chi connectivity index (χ2n) is 4.10. The van der Waals surface area contributed by atoms with Gasteiger partial charge in [-0.2, -0.15) is 0 Å². The fourth-order valence-corrected chi connectivity index (χ4v) is 1.92. The number of rotatable bonds is 4. The second-order valence-corrected chi connectivity index (χ2v) is 4.10. The molecule has 1 aromatic rings. The molecule has 4 heteroatoms. The summed E-state index contributed by atoms with van der Waals surface area (Å²) in [6.07, 6.45) is 2.99. The van der Waals surface area contributed by atoms with E-state index in [1.54, 1.807) is 13.3 Å². The topological polar surface area (TPSA) is 51.6 Å². The van der Waals surface area contributed by atoms with E-state index in [0.717, 1.165) is 18.6 Å². The van der Waals surface area contributed by atoms with Crippen LogP contribution in [-0.4, -0.2) is 36.5 Å². The van der Waals surface area contributed by atoms with Crippen molar-refractivity contribution < 1.29 is 14.6 Å². The van der Waals surface area contributed by atoms with E-state index in [1.807, 2.05) is 12.1 Å². The summed E-state index contributed by atoms with van der Waals surface area (Å²) in [6, 6.07) is 3.75. The first-order valence-corrected chi connectivity index (χ1v) is 5.54. The van der Waals surface area contributed by atoms with E-state index in [0.29, 0.717) is 18.9 Å². The van der Waals surface area contributed by atoms with E-state index < -0.39 is 0 Å². The predicted molar refractivity (Wildman–Crippen MR) is 59.4 cm³/mol. The van der Waals surface area contributed by atoms with Crippen LogP contribution in [0.4, 0.5) is 0 Å². The molecule has 2 atom stereocenters. The van der Waals surface area contributed by atoms with Gasteiger partial charge < -0.3 is 14.6 Å². The lowest BCUT2D eigenvalue weighted by Crippen LogP contribution is -2.23. The van der Waals surface area contributed by atoms with Gasteiger partial charge in [0.05, 0.1) is 19.8 Å². The molecule has 0 aliphatic carbocycles. The van der Waals surface area contributed by atoms with Gasteiger partial charge in [0.1, 0.15) is 0 Å². The van der Waals surface area contributed by atoms with Gasteiger partial charge >= 0.3 is 0 Å². The number of aliphatic hydroxyl groups excluding tert-OH is 1. The van der Waals surface area contributed by atoms with Crippen LogP contribution in [0.3, 0.4) is 0 Å². The van der Waals surface area contributed by atoms with E-state index in [2.05, 4.69) is 4.98 Å². The molecule has 0 bridgehead atoms. The molecule has 1 N–H and O–H groups in total. The number of pyridine rings is 1. The highest BCUT2D eigenvalue weighted by atomic mass is 16.5. The first-order valence-electron chi connectivity index (χ1n) is 5.54. The number of aromatic nitrogens is 1. The van der Waals surface area contributed by atoms with Crippen LogP contribution in [0.1, 0.15) is 12.0 Å². The molecule has 1 aromatic heterocycles. The van der Waals surface area contributed by atoms with Crippen LogP contribution in [0.2, 0.25) is 0 Å². The highest BCUT2D eigenvalue weighted by Gasteiger charge is 2.23. The van der Waals surface area contributed by atoms with Crippen LogP contribution in [0.25, 0.3) is 0 Å². The minimum absolute atomic E-state index is 0.266. The van der Waals surface area contributed by atoms with Crippen molar-refractivity contribution in [1.29, 1.82) is 0 Å². The lowest BCUT2D eigenvalue weighted by molar-refractivity contribution is 0.0918. The maximum atomic E-state index is 9.99. The fourth-order valence-electron chi connectivity index (χ4n) is 1.92. The number of hydrogen-bond acceptors (Lipinski definition) is 4. The maximum absolute atomic E-state index is 9.99. The van der Waals surface area contributed by atoms with Gasteiger partial charge in [-0.05, 0) is 12.0 Å². The Balaban J connectivity index is 1.92. The summed E-state index contributed by atoms with van der Waals surface area (Å²) in [5, 5.41) is 9.99. The van der Waals surface area contributed by atoms with Crippen LogP contribution in [0.15, 0.2) is 18.3 Å². The highest BCUT2D eigenvalue weighted by Crippen LogP contribution is 2.20. The Morgan fingerprint density at radius 2 is 2.50 bits per heavy atom. The number of aliphatic hydroxyl groups is 1. The van der Waals surface area contributed by atoms with Gasteiger partial charge in [-0.3, -0.25) is 0 Å². The number of ether oxygens (including phenoxy) is 2. The summed E-state index contributed by atoms with van der Waals surface area (Å²) in [4.78, 5) is 4.11. The molecule has 2 unspecified atom stereocenters. The quantitative estimate of drug-likeness (QED) is 0.828. The lowest BCUT2D eigenvalue weighted by atomic mass is 9.96. The molecule has 1 fully saturated rings. The molecule has 1 aliphatic rings. The van der Waals surface area contributed by atoms with E-state index in [1.165, 1.54) is 0 Å². The fraction of sp³-hybridized carbons (Fsp3) is 0.583. The Hall–Kier alpha value is -1.13. The van der Waals surface area contributed by atoms with Gasteiger partial charge in [-0.15, -0.1) is 0 Å². The van der Waals surface area contributed by atoms with Crippen molar-refractivity contribution >= 4 is 0 Å². The van der Waals surface area contributed by atoms with Gasteiger partial charge in [-0.25, -0.2) is 4.98 Å². The zero-order valence-corrected chi connectivity index (χ0v) is 9.43. The molecule has 1 saturated heterocycles. The van der Waals surface area contributed by atoms with Crippen molar-refractivity contribution in [2.75, 3.05) is 20.3 Å². The van der Waals surface area contributed by atoms with E-state index in [4.69, 9.17) is 9.47 Å². The van der Waals surface area contributed by atoms with Crippen molar-refractivity contribution in [3.05, 3.63) is 23.9 Å². The highest BCUT2D eigenvalue weighted by molar-refractivity contribution is 5.18. The molecule has 1 aliphatic heterocycles. The second kappa shape index (κ2) is 5.27. The largest absolute Gasteiger partial charge is 0.481 e. The summed E-state index contributed by atoms with van der Waals surface area (Å²) in [6.45, 7) is 1.44.